The number of thiophene rings is 1. The molecular weight excluding hydrogens is 699 g/mol. The van der Waals surface area contributed by atoms with E-state index in [9.17, 15) is 0 Å². The van der Waals surface area contributed by atoms with E-state index in [2.05, 4.69) is 199 Å². The zero-order valence-corrected chi connectivity index (χ0v) is 31.3. The molecule has 264 valence electrons. The molecule has 2 heterocycles. The molecule has 0 amide bonds. The first-order valence-corrected chi connectivity index (χ1v) is 19.9. The summed E-state index contributed by atoms with van der Waals surface area (Å²) in [6.45, 7) is 0.658. The highest BCUT2D eigenvalue weighted by Gasteiger charge is 2.19. The highest BCUT2D eigenvalue weighted by atomic mass is 32.1. The van der Waals surface area contributed by atoms with Crippen molar-refractivity contribution >= 4 is 75.6 Å². The van der Waals surface area contributed by atoms with Crippen LogP contribution in [0.2, 0.25) is 0 Å². The van der Waals surface area contributed by atoms with Crippen LogP contribution >= 0.6 is 11.3 Å². The van der Waals surface area contributed by atoms with E-state index in [4.69, 9.17) is 4.42 Å². The summed E-state index contributed by atoms with van der Waals surface area (Å²) in [7, 11) is 0. The van der Waals surface area contributed by atoms with E-state index >= 15 is 0 Å². The van der Waals surface area contributed by atoms with Crippen molar-refractivity contribution in [3.8, 4) is 33.4 Å². The van der Waals surface area contributed by atoms with Gasteiger partial charge in [-0.15, -0.1) is 11.3 Å². The van der Waals surface area contributed by atoms with E-state index in [1.807, 2.05) is 17.4 Å². The fraction of sp³-hybridized carbons (Fsp3) is 0.0189. The first-order chi connectivity index (χ1) is 27.7. The highest BCUT2D eigenvalue weighted by molar-refractivity contribution is 7.25. The Hall–Kier alpha value is -6.94. The molecule has 9 aromatic carbocycles. The van der Waals surface area contributed by atoms with E-state index in [1.165, 1.54) is 64.3 Å². The van der Waals surface area contributed by atoms with E-state index in [-0.39, 0.29) is 0 Å². The Bertz CT molecular complexity index is 3260. The van der Waals surface area contributed by atoms with Crippen molar-refractivity contribution in [1.29, 1.82) is 0 Å². The topological polar surface area (TPSA) is 16.4 Å². The second kappa shape index (κ2) is 13.4. The van der Waals surface area contributed by atoms with E-state index < -0.39 is 0 Å². The quantitative estimate of drug-likeness (QED) is 0.162. The molecule has 0 radical (unpaired) electrons. The Kier molecular flexibility index (Phi) is 7.78. The number of rotatable bonds is 7. The van der Waals surface area contributed by atoms with Crippen molar-refractivity contribution in [3.63, 3.8) is 0 Å². The lowest BCUT2D eigenvalue weighted by molar-refractivity contribution is 0.670. The summed E-state index contributed by atoms with van der Waals surface area (Å²) in [6.07, 6.45) is 0. The molecule has 11 aromatic rings. The van der Waals surface area contributed by atoms with E-state index in [0.29, 0.717) is 6.54 Å². The van der Waals surface area contributed by atoms with Gasteiger partial charge in [0.15, 0.2) is 0 Å². The molecule has 0 spiro atoms. The van der Waals surface area contributed by atoms with Gasteiger partial charge in [0.1, 0.15) is 11.2 Å². The monoisotopic (exact) mass is 733 g/mol. The van der Waals surface area contributed by atoms with Gasteiger partial charge >= 0.3 is 0 Å². The lowest BCUT2D eigenvalue weighted by Crippen LogP contribution is -2.17. The van der Waals surface area contributed by atoms with Gasteiger partial charge < -0.3 is 9.32 Å². The summed E-state index contributed by atoms with van der Waals surface area (Å²) in [4.78, 5) is 2.46. The van der Waals surface area contributed by atoms with Gasteiger partial charge in [-0.05, 0) is 98.8 Å². The van der Waals surface area contributed by atoms with Gasteiger partial charge in [-0.1, -0.05) is 146 Å². The van der Waals surface area contributed by atoms with Crippen molar-refractivity contribution < 1.29 is 4.42 Å². The molecule has 0 fully saturated rings. The van der Waals surface area contributed by atoms with Crippen LogP contribution < -0.4 is 4.90 Å². The molecule has 0 aliphatic heterocycles. The van der Waals surface area contributed by atoms with Gasteiger partial charge in [0.25, 0.3) is 0 Å². The van der Waals surface area contributed by atoms with Crippen LogP contribution in [0.5, 0.6) is 0 Å². The number of hydrogen-bond acceptors (Lipinski definition) is 3. The fourth-order valence-electron chi connectivity index (χ4n) is 8.36. The molecule has 2 nitrogen and oxygen atoms in total. The summed E-state index contributed by atoms with van der Waals surface area (Å²) in [5, 5.41) is 7.38. The minimum absolute atomic E-state index is 0.658. The van der Waals surface area contributed by atoms with Crippen LogP contribution in [0.1, 0.15) is 5.56 Å². The number of benzene rings is 9. The lowest BCUT2D eigenvalue weighted by atomic mass is 9.96. The van der Waals surface area contributed by atoms with Gasteiger partial charge in [-0.2, -0.15) is 0 Å². The van der Waals surface area contributed by atoms with Gasteiger partial charge in [0.2, 0.25) is 0 Å². The van der Waals surface area contributed by atoms with Gasteiger partial charge in [-0.3, -0.25) is 0 Å². The molecule has 0 N–H and O–H groups in total. The predicted octanol–water partition coefficient (Wildman–Crippen LogP) is 15.4. The molecule has 56 heavy (non-hydrogen) atoms. The molecule has 0 aliphatic carbocycles. The fourth-order valence-corrected chi connectivity index (χ4v) is 9.45. The summed E-state index contributed by atoms with van der Waals surface area (Å²) >= 11 is 1.86. The maximum Gasteiger partial charge on any atom is 0.143 e. The van der Waals surface area contributed by atoms with Crippen LogP contribution in [0.3, 0.4) is 0 Å². The standard InChI is InChI=1S/C53H35NOS/c1-2-13-36-30-39(27-26-35(36)12-1)37-15-9-17-42(31-37)54(43-18-10-16-38(32-43)40-28-29-52-49(33-40)46-21-6-8-25-51(46)56-52)34-41-14-3-4-19-44(41)47-22-11-23-48-45-20-5-7-24-50(45)55-53(47)48/h1-33H,34H2. The molecular formula is C53H35NOS. The SMILES string of the molecule is c1cc(-c2ccc3ccccc3c2)cc(N(Cc2ccccc2-c2cccc3c2oc2ccccc23)c2cccc(-c3ccc4sc5ccccc5c4c3)c2)c1. The molecule has 3 heteroatoms. The summed E-state index contributed by atoms with van der Waals surface area (Å²) < 4.78 is 9.20. The third-order valence-electron chi connectivity index (χ3n) is 11.1. The number of para-hydroxylation sites is 2. The molecule has 0 aliphatic rings. The van der Waals surface area contributed by atoms with E-state index in [1.54, 1.807) is 0 Å². The first-order valence-electron chi connectivity index (χ1n) is 19.1. The lowest BCUT2D eigenvalue weighted by Gasteiger charge is -2.27. The molecule has 2 aromatic heterocycles. The Morgan fingerprint density at radius 2 is 1.00 bits per heavy atom. The molecule has 0 unspecified atom stereocenters. The van der Waals surface area contributed by atoms with Gasteiger partial charge in [-0.25, -0.2) is 0 Å². The number of hydrogen-bond donors (Lipinski definition) is 0. The van der Waals surface area contributed by atoms with Crippen molar-refractivity contribution in [2.24, 2.45) is 0 Å². The Labute approximate surface area is 329 Å². The average molecular weight is 734 g/mol. The number of anilines is 2. The zero-order chi connectivity index (χ0) is 37.0. The third-order valence-corrected chi connectivity index (χ3v) is 12.3. The van der Waals surface area contributed by atoms with Crippen molar-refractivity contribution in [3.05, 3.63) is 206 Å². The second-order valence-electron chi connectivity index (χ2n) is 14.5. The molecule has 0 bridgehead atoms. The Morgan fingerprint density at radius 1 is 0.393 bits per heavy atom. The number of fused-ring (bicyclic) bond motifs is 7. The van der Waals surface area contributed by atoms with Gasteiger partial charge in [0.05, 0.1) is 0 Å². The van der Waals surface area contributed by atoms with E-state index in [0.717, 1.165) is 38.9 Å². The van der Waals surface area contributed by atoms with Gasteiger partial charge in [0, 0.05) is 54.4 Å². The van der Waals surface area contributed by atoms with Crippen molar-refractivity contribution in [2.45, 2.75) is 6.54 Å². The Balaban J connectivity index is 1.06. The zero-order valence-electron chi connectivity index (χ0n) is 30.5. The normalized spacial score (nSPS) is 11.6. The van der Waals surface area contributed by atoms with Crippen LogP contribution in [0, 0.1) is 0 Å². The summed E-state index contributed by atoms with van der Waals surface area (Å²) in [5.41, 5.74) is 12.4. The van der Waals surface area contributed by atoms with Crippen LogP contribution in [0.4, 0.5) is 11.4 Å². The molecule has 11 rings (SSSR count). The molecule has 0 atom stereocenters. The smallest absolute Gasteiger partial charge is 0.143 e. The third kappa shape index (κ3) is 5.64. The average Bonchev–Trinajstić information content (AvgIpc) is 3.84. The van der Waals surface area contributed by atoms with Crippen molar-refractivity contribution in [1.82, 2.24) is 0 Å². The maximum absolute atomic E-state index is 6.57. The van der Waals surface area contributed by atoms with Crippen molar-refractivity contribution in [2.75, 3.05) is 4.90 Å². The predicted molar refractivity (Wildman–Crippen MR) is 239 cm³/mol. The molecule has 0 saturated heterocycles. The maximum atomic E-state index is 6.57. The van der Waals surface area contributed by atoms with Crippen LogP contribution in [0.25, 0.3) is 86.3 Å². The number of furan rings is 1. The minimum Gasteiger partial charge on any atom is -0.455 e. The van der Waals surface area contributed by atoms with Crippen LogP contribution in [-0.2, 0) is 6.54 Å². The Morgan fingerprint density at radius 3 is 1.86 bits per heavy atom. The number of nitrogens with zero attached hydrogens (tertiary/aromatic N) is 1. The molecule has 0 saturated carbocycles. The second-order valence-corrected chi connectivity index (χ2v) is 15.6. The van der Waals surface area contributed by atoms with Crippen LogP contribution in [0.15, 0.2) is 205 Å². The highest BCUT2D eigenvalue weighted by Crippen LogP contribution is 2.41. The largest absolute Gasteiger partial charge is 0.455 e. The van der Waals surface area contributed by atoms with Crippen LogP contribution in [-0.4, -0.2) is 0 Å². The minimum atomic E-state index is 0.658. The summed E-state index contributed by atoms with van der Waals surface area (Å²) in [6, 6.07) is 72.6. The summed E-state index contributed by atoms with van der Waals surface area (Å²) in [5.74, 6) is 0. The first kappa shape index (κ1) is 32.5.